The third-order valence-electron chi connectivity index (χ3n) is 4.32. The van der Waals surface area contributed by atoms with Gasteiger partial charge in [0.15, 0.2) is 5.69 Å². The summed E-state index contributed by atoms with van der Waals surface area (Å²) in [6.07, 6.45) is 5.71. The molecule has 2 rings (SSSR count). The van der Waals surface area contributed by atoms with Gasteiger partial charge in [0.2, 0.25) is 0 Å². The number of hydrogen-bond acceptors (Lipinski definition) is 5. The number of amides is 2. The van der Waals surface area contributed by atoms with E-state index in [1.54, 1.807) is 17.2 Å². The van der Waals surface area contributed by atoms with E-state index in [1.807, 2.05) is 20.8 Å². The molecule has 1 N–H and O–H groups in total. The number of hydrogen-bond donors (Lipinski definition) is 1. The van der Waals surface area contributed by atoms with Gasteiger partial charge in [0, 0.05) is 17.0 Å². The van der Waals surface area contributed by atoms with Crippen LogP contribution in [0.1, 0.15) is 75.3 Å². The maximum absolute atomic E-state index is 12.8. The van der Waals surface area contributed by atoms with Crippen molar-refractivity contribution < 1.29 is 14.3 Å². The molecule has 6 nitrogen and oxygen atoms in total. The van der Waals surface area contributed by atoms with Crippen LogP contribution in [0.15, 0.2) is 5.38 Å². The number of nitrogens with one attached hydrogen (secondary N) is 1. The van der Waals surface area contributed by atoms with Crippen molar-refractivity contribution in [3.8, 4) is 0 Å². The van der Waals surface area contributed by atoms with Crippen LogP contribution in [0.25, 0.3) is 0 Å². The first-order valence-corrected chi connectivity index (χ1v) is 9.89. The van der Waals surface area contributed by atoms with E-state index in [2.05, 4.69) is 10.3 Å². The highest BCUT2D eigenvalue weighted by atomic mass is 32.1. The normalized spacial score (nSPS) is 15.7. The lowest BCUT2D eigenvalue weighted by atomic mass is 9.95. The number of ether oxygens (including phenoxy) is 1. The highest BCUT2D eigenvalue weighted by Crippen LogP contribution is 2.22. The molecule has 0 unspecified atom stereocenters. The van der Waals surface area contributed by atoms with E-state index in [0.29, 0.717) is 18.8 Å². The van der Waals surface area contributed by atoms with E-state index in [-0.39, 0.29) is 17.6 Å². The van der Waals surface area contributed by atoms with Crippen molar-refractivity contribution in [3.63, 3.8) is 0 Å². The monoisotopic (exact) mass is 367 g/mol. The van der Waals surface area contributed by atoms with Gasteiger partial charge in [0.05, 0.1) is 13.2 Å². The Morgan fingerprint density at radius 3 is 2.60 bits per heavy atom. The summed E-state index contributed by atoms with van der Waals surface area (Å²) in [5.41, 5.74) is -0.0301. The number of rotatable bonds is 5. The van der Waals surface area contributed by atoms with E-state index in [1.165, 1.54) is 30.6 Å². The van der Waals surface area contributed by atoms with Gasteiger partial charge >= 0.3 is 12.0 Å². The zero-order valence-corrected chi connectivity index (χ0v) is 16.4. The summed E-state index contributed by atoms with van der Waals surface area (Å²) in [6, 6.07) is 0.199. The van der Waals surface area contributed by atoms with Gasteiger partial charge in [-0.2, -0.15) is 0 Å². The topological polar surface area (TPSA) is 71.5 Å². The fraction of sp³-hybridized carbons (Fsp3) is 0.722. The molecular formula is C18H29N3O3S. The molecule has 1 aliphatic rings. The first-order valence-electron chi connectivity index (χ1n) is 9.01. The number of carbonyl (C=O) groups excluding carboxylic acids is 2. The van der Waals surface area contributed by atoms with Gasteiger partial charge in [-0.25, -0.2) is 14.6 Å². The second-order valence-electron chi connectivity index (χ2n) is 7.39. The second kappa shape index (κ2) is 8.65. The van der Waals surface area contributed by atoms with Crippen molar-refractivity contribution in [1.82, 2.24) is 15.2 Å². The van der Waals surface area contributed by atoms with Crippen molar-refractivity contribution in [1.29, 1.82) is 0 Å². The number of aromatic nitrogens is 1. The minimum atomic E-state index is -0.418. The first-order chi connectivity index (χ1) is 11.8. The van der Waals surface area contributed by atoms with Crippen molar-refractivity contribution in [2.75, 3.05) is 6.61 Å². The number of carbonyl (C=O) groups is 2. The molecule has 25 heavy (non-hydrogen) atoms. The molecule has 0 atom stereocenters. The molecule has 0 spiro atoms. The van der Waals surface area contributed by atoms with E-state index in [0.717, 1.165) is 17.8 Å². The van der Waals surface area contributed by atoms with Gasteiger partial charge < -0.3 is 15.0 Å². The van der Waals surface area contributed by atoms with Gasteiger partial charge in [0.25, 0.3) is 0 Å². The summed E-state index contributed by atoms with van der Waals surface area (Å²) in [7, 11) is 0. The predicted molar refractivity (Wildman–Crippen MR) is 98.8 cm³/mol. The first kappa shape index (κ1) is 19.7. The summed E-state index contributed by atoms with van der Waals surface area (Å²) in [6.45, 7) is 8.49. The molecule has 0 radical (unpaired) electrons. The van der Waals surface area contributed by atoms with E-state index in [9.17, 15) is 9.59 Å². The molecule has 1 aromatic rings. The lowest BCUT2D eigenvalue weighted by Crippen LogP contribution is -2.52. The standard InChI is InChI=1S/C18H29N3O3S/c1-5-24-16(22)14-12-25-15(20-14)11-21(18(2,3)4)17(23)19-13-9-7-6-8-10-13/h12-13H,5-11H2,1-4H3,(H,19,23). The Morgan fingerprint density at radius 1 is 1.32 bits per heavy atom. The van der Waals surface area contributed by atoms with Gasteiger partial charge in [-0.3, -0.25) is 0 Å². The molecule has 2 amide bonds. The average Bonchev–Trinajstić information content (AvgIpc) is 3.01. The Kier molecular flexibility index (Phi) is 6.81. The van der Waals surface area contributed by atoms with Crippen molar-refractivity contribution >= 4 is 23.3 Å². The molecule has 7 heteroatoms. The molecule has 0 saturated heterocycles. The fourth-order valence-electron chi connectivity index (χ4n) is 2.93. The zero-order valence-electron chi connectivity index (χ0n) is 15.6. The quantitative estimate of drug-likeness (QED) is 0.800. The minimum absolute atomic E-state index is 0.0627. The lowest BCUT2D eigenvalue weighted by Gasteiger charge is -2.36. The van der Waals surface area contributed by atoms with Crippen LogP contribution in [0.5, 0.6) is 0 Å². The van der Waals surface area contributed by atoms with Crippen LogP contribution in [0.4, 0.5) is 4.79 Å². The Bertz CT molecular complexity index is 589. The van der Waals surface area contributed by atoms with Crippen molar-refractivity contribution in [3.05, 3.63) is 16.1 Å². The molecule has 0 bridgehead atoms. The van der Waals surface area contributed by atoms with Crippen LogP contribution in [0, 0.1) is 0 Å². The Balaban J connectivity index is 2.05. The van der Waals surface area contributed by atoms with E-state index >= 15 is 0 Å². The number of thiazole rings is 1. The summed E-state index contributed by atoms with van der Waals surface area (Å²) < 4.78 is 4.97. The van der Waals surface area contributed by atoms with E-state index < -0.39 is 5.97 Å². The van der Waals surface area contributed by atoms with Crippen LogP contribution in [0.3, 0.4) is 0 Å². The Morgan fingerprint density at radius 2 is 2.00 bits per heavy atom. The highest BCUT2D eigenvalue weighted by Gasteiger charge is 2.29. The molecule has 140 valence electrons. The fourth-order valence-corrected chi connectivity index (χ4v) is 3.68. The average molecular weight is 368 g/mol. The molecule has 0 aliphatic heterocycles. The van der Waals surface area contributed by atoms with Crippen LogP contribution in [-0.4, -0.2) is 40.1 Å². The molecular weight excluding hydrogens is 338 g/mol. The summed E-state index contributed by atoms with van der Waals surface area (Å²) in [4.78, 5) is 30.7. The summed E-state index contributed by atoms with van der Waals surface area (Å²) in [5, 5.41) is 5.59. The molecule has 0 aromatic carbocycles. The number of nitrogens with zero attached hydrogens (tertiary/aromatic N) is 2. The molecule has 1 saturated carbocycles. The number of esters is 1. The van der Waals surface area contributed by atoms with Gasteiger partial charge in [0.1, 0.15) is 5.01 Å². The minimum Gasteiger partial charge on any atom is -0.461 e. The largest absolute Gasteiger partial charge is 0.461 e. The zero-order chi connectivity index (χ0) is 18.4. The summed E-state index contributed by atoms with van der Waals surface area (Å²) in [5.74, 6) is -0.418. The molecule has 1 aromatic heterocycles. The van der Waals surface area contributed by atoms with Crippen LogP contribution in [0.2, 0.25) is 0 Å². The smallest absolute Gasteiger partial charge is 0.357 e. The molecule has 1 aliphatic carbocycles. The van der Waals surface area contributed by atoms with Crippen LogP contribution >= 0.6 is 11.3 Å². The lowest BCUT2D eigenvalue weighted by molar-refractivity contribution is 0.0520. The number of urea groups is 1. The van der Waals surface area contributed by atoms with Crippen molar-refractivity contribution in [2.24, 2.45) is 0 Å². The van der Waals surface area contributed by atoms with Crippen LogP contribution in [-0.2, 0) is 11.3 Å². The maximum Gasteiger partial charge on any atom is 0.357 e. The summed E-state index contributed by atoms with van der Waals surface area (Å²) >= 11 is 1.38. The van der Waals surface area contributed by atoms with E-state index in [4.69, 9.17) is 4.74 Å². The Hall–Kier alpha value is -1.63. The van der Waals surface area contributed by atoms with Crippen molar-refractivity contribution in [2.45, 2.75) is 77.9 Å². The Labute approximate surface area is 154 Å². The predicted octanol–water partition coefficient (Wildman–Crippen LogP) is 3.96. The third-order valence-corrected chi connectivity index (χ3v) is 5.15. The SMILES string of the molecule is CCOC(=O)c1csc(CN(C(=O)NC2CCCCC2)C(C)(C)C)n1. The maximum atomic E-state index is 12.8. The third kappa shape index (κ3) is 5.70. The van der Waals surface area contributed by atoms with Crippen LogP contribution < -0.4 is 5.32 Å². The highest BCUT2D eigenvalue weighted by molar-refractivity contribution is 7.09. The second-order valence-corrected chi connectivity index (χ2v) is 8.33. The van der Waals surface area contributed by atoms with Gasteiger partial charge in [-0.1, -0.05) is 19.3 Å². The van der Waals surface area contributed by atoms with Gasteiger partial charge in [-0.05, 0) is 40.5 Å². The van der Waals surface area contributed by atoms with Gasteiger partial charge in [-0.15, -0.1) is 11.3 Å². The molecule has 1 heterocycles. The molecule has 1 fully saturated rings.